The first-order valence-electron chi connectivity index (χ1n) is 23.9. The van der Waals surface area contributed by atoms with Crippen molar-refractivity contribution >= 4 is 33.9 Å². The molecule has 0 aromatic heterocycles. The van der Waals surface area contributed by atoms with Gasteiger partial charge in [-0.25, -0.2) is 0 Å². The molecule has 1 fully saturated rings. The van der Waals surface area contributed by atoms with E-state index in [1.165, 1.54) is 36.8 Å². The van der Waals surface area contributed by atoms with E-state index >= 15 is 0 Å². The highest BCUT2D eigenvalue weighted by Crippen LogP contribution is 2.46. The van der Waals surface area contributed by atoms with E-state index in [4.69, 9.17) is 18.9 Å². The number of methoxy groups -OCH3 is 4. The first-order valence-corrected chi connectivity index (χ1v) is 23.9. The van der Waals surface area contributed by atoms with E-state index in [2.05, 4.69) is 180 Å². The smallest absolute Gasteiger partial charge is 0.118 e. The monoisotopic (exact) mass is 908 g/mol. The van der Waals surface area contributed by atoms with Gasteiger partial charge in [0.2, 0.25) is 0 Å². The molecule has 0 heterocycles. The molecule has 1 saturated carbocycles. The Morgan fingerprint density at radius 1 is 0.333 bits per heavy atom. The lowest BCUT2D eigenvalue weighted by atomic mass is 9.69. The predicted octanol–water partition coefficient (Wildman–Crippen LogP) is 15.8. The fourth-order valence-electron chi connectivity index (χ4n) is 9.70. The van der Waals surface area contributed by atoms with Gasteiger partial charge >= 0.3 is 0 Å². The summed E-state index contributed by atoms with van der Waals surface area (Å²) < 4.78 is 22.2. The van der Waals surface area contributed by atoms with Gasteiger partial charge in [-0.05, 0) is 143 Å². The number of anilines is 4. The van der Waals surface area contributed by atoms with Gasteiger partial charge in [-0.15, -0.1) is 0 Å². The summed E-state index contributed by atoms with van der Waals surface area (Å²) in [6.07, 6.45) is 11.6. The SMILES string of the molecule is COc1ccc(C(=CN(c2ccccc2)c2ccc(C3(c4ccc(N(C=C(c5ccc(OC)cc5)c5ccc(OC)cc5)c5ccccc5)cc4)CCCCCC3)cc2)c2ccc(OC)cc2)cc1. The van der Waals surface area contributed by atoms with Crippen molar-refractivity contribution in [3.05, 3.63) is 252 Å². The minimum atomic E-state index is -0.136. The molecule has 69 heavy (non-hydrogen) atoms. The molecular weight excluding hydrogens is 849 g/mol. The molecule has 6 heteroatoms. The molecule has 0 saturated heterocycles. The molecule has 8 aromatic rings. The fourth-order valence-corrected chi connectivity index (χ4v) is 9.70. The Morgan fingerprint density at radius 3 is 0.884 bits per heavy atom. The molecule has 346 valence electrons. The minimum absolute atomic E-state index is 0.136. The predicted molar refractivity (Wildman–Crippen MR) is 285 cm³/mol. The maximum absolute atomic E-state index is 5.55. The number of benzene rings is 8. The van der Waals surface area contributed by atoms with Crippen molar-refractivity contribution < 1.29 is 18.9 Å². The summed E-state index contributed by atoms with van der Waals surface area (Å²) in [7, 11) is 6.81. The van der Waals surface area contributed by atoms with Crippen molar-refractivity contribution in [2.75, 3.05) is 38.2 Å². The van der Waals surface area contributed by atoms with Crippen LogP contribution in [0.2, 0.25) is 0 Å². The van der Waals surface area contributed by atoms with Gasteiger partial charge in [0.25, 0.3) is 0 Å². The molecule has 0 aliphatic heterocycles. The molecule has 1 aliphatic carbocycles. The third kappa shape index (κ3) is 10.5. The van der Waals surface area contributed by atoms with Crippen LogP contribution in [0.4, 0.5) is 22.7 Å². The van der Waals surface area contributed by atoms with Crippen molar-refractivity contribution in [3.8, 4) is 23.0 Å². The van der Waals surface area contributed by atoms with Crippen LogP contribution in [-0.2, 0) is 5.41 Å². The lowest BCUT2D eigenvalue weighted by Crippen LogP contribution is -2.27. The third-order valence-corrected chi connectivity index (χ3v) is 13.5. The molecule has 0 unspecified atom stereocenters. The Bertz CT molecular complexity index is 2630. The van der Waals surface area contributed by atoms with E-state index in [1.54, 1.807) is 28.4 Å². The summed E-state index contributed by atoms with van der Waals surface area (Å²) in [6.45, 7) is 0. The fraction of sp³-hybridized carbons (Fsp3) is 0.175. The van der Waals surface area contributed by atoms with Gasteiger partial charge in [0.1, 0.15) is 23.0 Å². The molecule has 0 amide bonds. The first-order chi connectivity index (χ1) is 34.0. The van der Waals surface area contributed by atoms with Crippen LogP contribution in [0.25, 0.3) is 11.1 Å². The Balaban J connectivity index is 1.11. The van der Waals surface area contributed by atoms with Crippen LogP contribution >= 0.6 is 0 Å². The van der Waals surface area contributed by atoms with E-state index in [0.717, 1.165) is 92.0 Å². The lowest BCUT2D eigenvalue weighted by molar-refractivity contribution is 0.414. The summed E-state index contributed by atoms with van der Waals surface area (Å²) in [4.78, 5) is 4.61. The van der Waals surface area contributed by atoms with Crippen LogP contribution in [0.5, 0.6) is 23.0 Å². The molecule has 9 rings (SSSR count). The maximum atomic E-state index is 5.55. The van der Waals surface area contributed by atoms with Crippen molar-refractivity contribution in [1.29, 1.82) is 0 Å². The quantitative estimate of drug-likeness (QED) is 0.0900. The molecule has 0 N–H and O–H groups in total. The van der Waals surface area contributed by atoms with Crippen LogP contribution in [0.3, 0.4) is 0 Å². The van der Waals surface area contributed by atoms with Crippen molar-refractivity contribution in [2.45, 2.75) is 43.9 Å². The second-order valence-electron chi connectivity index (χ2n) is 17.5. The number of rotatable bonds is 16. The summed E-state index contributed by atoms with van der Waals surface area (Å²) >= 11 is 0. The van der Waals surface area contributed by atoms with Gasteiger partial charge < -0.3 is 28.7 Å². The van der Waals surface area contributed by atoms with E-state index in [0.29, 0.717) is 0 Å². The highest BCUT2D eigenvalue weighted by molar-refractivity contribution is 5.86. The van der Waals surface area contributed by atoms with Gasteiger partial charge in [0.15, 0.2) is 0 Å². The second-order valence-corrected chi connectivity index (χ2v) is 17.5. The molecule has 0 bridgehead atoms. The molecule has 0 radical (unpaired) electrons. The van der Waals surface area contributed by atoms with Crippen molar-refractivity contribution in [1.82, 2.24) is 0 Å². The topological polar surface area (TPSA) is 43.4 Å². The number of hydrogen-bond acceptors (Lipinski definition) is 6. The van der Waals surface area contributed by atoms with Gasteiger partial charge in [-0.3, -0.25) is 0 Å². The molecule has 1 aliphatic rings. The molecule has 0 atom stereocenters. The molecule has 6 nitrogen and oxygen atoms in total. The van der Waals surface area contributed by atoms with E-state index < -0.39 is 0 Å². The number of nitrogens with zero attached hydrogens (tertiary/aromatic N) is 2. The Kier molecular flexibility index (Phi) is 14.6. The summed E-state index contributed by atoms with van der Waals surface area (Å²) in [6, 6.07) is 73.1. The van der Waals surface area contributed by atoms with Crippen LogP contribution in [-0.4, -0.2) is 28.4 Å². The van der Waals surface area contributed by atoms with Crippen LogP contribution in [0.1, 0.15) is 71.9 Å². The lowest BCUT2D eigenvalue weighted by Gasteiger charge is -2.35. The Labute approximate surface area is 408 Å². The molecule has 0 spiro atoms. The second kappa shape index (κ2) is 21.8. The zero-order chi connectivity index (χ0) is 47.4. The van der Waals surface area contributed by atoms with Gasteiger partial charge in [0.05, 0.1) is 28.4 Å². The maximum Gasteiger partial charge on any atom is 0.118 e. The van der Waals surface area contributed by atoms with Crippen LogP contribution in [0, 0.1) is 0 Å². The summed E-state index contributed by atoms with van der Waals surface area (Å²) in [5.41, 5.74) is 13.4. The Morgan fingerprint density at radius 2 is 0.609 bits per heavy atom. The Hall–Kier alpha value is -7.96. The number of hydrogen-bond donors (Lipinski definition) is 0. The number of ether oxygens (including phenoxy) is 4. The van der Waals surface area contributed by atoms with Crippen molar-refractivity contribution in [2.24, 2.45) is 0 Å². The first kappa shape index (κ1) is 46.2. The van der Waals surface area contributed by atoms with Gasteiger partial charge in [0, 0.05) is 51.7 Å². The molecular formula is C63H60N2O4. The van der Waals surface area contributed by atoms with Gasteiger partial charge in [-0.1, -0.05) is 135 Å². The normalized spacial score (nSPS) is 13.0. The zero-order valence-corrected chi connectivity index (χ0v) is 40.1. The van der Waals surface area contributed by atoms with E-state index in [1.807, 2.05) is 48.5 Å². The number of para-hydroxylation sites is 2. The van der Waals surface area contributed by atoms with E-state index in [9.17, 15) is 0 Å². The average molecular weight is 909 g/mol. The van der Waals surface area contributed by atoms with Crippen LogP contribution in [0.15, 0.2) is 219 Å². The summed E-state index contributed by atoms with van der Waals surface area (Å²) in [5.74, 6) is 3.28. The highest BCUT2D eigenvalue weighted by Gasteiger charge is 2.35. The highest BCUT2D eigenvalue weighted by atomic mass is 16.5. The van der Waals surface area contributed by atoms with Crippen LogP contribution < -0.4 is 28.7 Å². The third-order valence-electron chi connectivity index (χ3n) is 13.5. The average Bonchev–Trinajstić information content (AvgIpc) is 3.70. The largest absolute Gasteiger partial charge is 0.497 e. The van der Waals surface area contributed by atoms with E-state index in [-0.39, 0.29) is 5.41 Å². The van der Waals surface area contributed by atoms with Crippen molar-refractivity contribution in [3.63, 3.8) is 0 Å². The zero-order valence-electron chi connectivity index (χ0n) is 40.1. The molecule has 8 aromatic carbocycles. The standard InChI is InChI=1S/C63H60N2O4/c1-66-57-35-19-47(20-36-57)61(48-21-37-58(67-2)38-22-48)45-64(53-15-9-7-10-16-53)55-31-27-51(28-32-55)63(43-13-5-6-14-44-63)52-29-33-56(34-30-52)65(54-17-11-8-12-18-54)46-62(49-23-39-59(68-3)40-24-49)50-25-41-60(69-4)42-26-50/h7-12,15-42,45-46H,5-6,13-14,43-44H2,1-4H3. The summed E-state index contributed by atoms with van der Waals surface area (Å²) in [5, 5.41) is 0. The minimum Gasteiger partial charge on any atom is -0.497 e. The van der Waals surface area contributed by atoms with Gasteiger partial charge in [-0.2, -0.15) is 0 Å².